The summed E-state index contributed by atoms with van der Waals surface area (Å²) in [4.78, 5) is 11.3. The second-order valence-corrected chi connectivity index (χ2v) is 9.37. The number of benzene rings is 1. The molecular formula is C23H30N2O3. The van der Waals surface area contributed by atoms with Gasteiger partial charge in [-0.3, -0.25) is 5.21 Å². The minimum absolute atomic E-state index is 0.00906. The van der Waals surface area contributed by atoms with E-state index in [0.29, 0.717) is 5.06 Å². The number of primary amides is 1. The molecule has 5 nitrogen and oxygen atoms in total. The van der Waals surface area contributed by atoms with Gasteiger partial charge in [0.1, 0.15) is 17.4 Å². The van der Waals surface area contributed by atoms with Crippen LogP contribution in [0.25, 0.3) is 0 Å². The summed E-state index contributed by atoms with van der Waals surface area (Å²) >= 11 is 0. The van der Waals surface area contributed by atoms with Gasteiger partial charge in [-0.1, -0.05) is 31.8 Å². The average molecular weight is 383 g/mol. The molecule has 1 unspecified atom stereocenters. The van der Waals surface area contributed by atoms with Gasteiger partial charge in [0.15, 0.2) is 0 Å². The van der Waals surface area contributed by atoms with Crippen LogP contribution in [-0.2, 0) is 0 Å². The third-order valence-corrected chi connectivity index (χ3v) is 6.64. The molecule has 0 aliphatic heterocycles. The van der Waals surface area contributed by atoms with Crippen molar-refractivity contribution in [2.75, 3.05) is 0 Å². The van der Waals surface area contributed by atoms with Crippen molar-refractivity contribution in [2.24, 2.45) is 29.4 Å². The van der Waals surface area contributed by atoms with E-state index < -0.39 is 12.1 Å². The molecule has 1 aromatic rings. The van der Waals surface area contributed by atoms with Crippen LogP contribution in [0.2, 0.25) is 0 Å². The second-order valence-electron chi connectivity index (χ2n) is 9.37. The van der Waals surface area contributed by atoms with Crippen LogP contribution < -0.4 is 10.5 Å². The lowest BCUT2D eigenvalue weighted by atomic mass is 9.54. The van der Waals surface area contributed by atoms with Gasteiger partial charge in [0.25, 0.3) is 0 Å². The number of nitrogens with zero attached hydrogens (tertiary/aromatic N) is 1. The molecule has 150 valence electrons. The minimum atomic E-state index is -0.896. The maximum Gasteiger partial charge on any atom is 0.339 e. The first-order valence-electron chi connectivity index (χ1n) is 10.4. The zero-order valence-electron chi connectivity index (χ0n) is 16.7. The van der Waals surface area contributed by atoms with Crippen molar-refractivity contribution in [3.8, 4) is 17.6 Å². The lowest BCUT2D eigenvalue weighted by Gasteiger charge is -2.56. The summed E-state index contributed by atoms with van der Waals surface area (Å²) in [5.41, 5.74) is 6.00. The van der Waals surface area contributed by atoms with Crippen molar-refractivity contribution in [3.63, 3.8) is 0 Å². The van der Waals surface area contributed by atoms with Crippen LogP contribution in [0, 0.1) is 35.5 Å². The number of hydrogen-bond acceptors (Lipinski definition) is 3. The molecule has 4 bridgehead atoms. The predicted octanol–water partition coefficient (Wildman–Crippen LogP) is 4.18. The summed E-state index contributed by atoms with van der Waals surface area (Å²) < 4.78 is 6.59. The number of amides is 2. The molecule has 4 saturated carbocycles. The highest BCUT2D eigenvalue weighted by Gasteiger charge is 2.52. The summed E-state index contributed by atoms with van der Waals surface area (Å²) in [6.45, 7) is 3.77. The Bertz CT molecular complexity index is 772. The molecule has 4 aliphatic carbocycles. The van der Waals surface area contributed by atoms with Crippen LogP contribution in [0.15, 0.2) is 24.3 Å². The monoisotopic (exact) mass is 382 g/mol. The fourth-order valence-corrected chi connectivity index (χ4v) is 5.85. The predicted molar refractivity (Wildman–Crippen MR) is 107 cm³/mol. The van der Waals surface area contributed by atoms with Crippen molar-refractivity contribution in [2.45, 2.75) is 64.0 Å². The van der Waals surface area contributed by atoms with E-state index in [-0.39, 0.29) is 11.5 Å². The second kappa shape index (κ2) is 7.33. The molecule has 0 radical (unpaired) electrons. The van der Waals surface area contributed by atoms with Crippen LogP contribution in [-0.4, -0.2) is 27.9 Å². The van der Waals surface area contributed by atoms with Gasteiger partial charge < -0.3 is 10.5 Å². The molecule has 3 N–H and O–H groups in total. The first-order chi connectivity index (χ1) is 13.3. The number of carbonyl (C=O) groups is 1. The molecule has 0 aromatic heterocycles. The average Bonchev–Trinajstić information content (AvgIpc) is 2.60. The number of ether oxygens (including phenoxy) is 1. The Morgan fingerprint density at radius 1 is 1.21 bits per heavy atom. The van der Waals surface area contributed by atoms with E-state index in [1.54, 1.807) is 0 Å². The van der Waals surface area contributed by atoms with Crippen molar-refractivity contribution in [1.29, 1.82) is 0 Å². The SMILES string of the molecule is CC(C)C(C#Cc1cccc(OC23CC4CC(CC(C4)C2)C3)c1)N(O)C(N)=O. The van der Waals surface area contributed by atoms with Gasteiger partial charge in [0.2, 0.25) is 0 Å². The van der Waals surface area contributed by atoms with Gasteiger partial charge in [-0.25, -0.2) is 4.79 Å². The zero-order valence-corrected chi connectivity index (χ0v) is 16.7. The van der Waals surface area contributed by atoms with Crippen molar-refractivity contribution < 1.29 is 14.7 Å². The lowest BCUT2D eigenvalue weighted by Crippen LogP contribution is -2.53. The molecule has 0 saturated heterocycles. The van der Waals surface area contributed by atoms with E-state index in [4.69, 9.17) is 10.5 Å². The summed E-state index contributed by atoms with van der Waals surface area (Å²) in [5.74, 6) is 9.38. The highest BCUT2D eigenvalue weighted by Crippen LogP contribution is 2.57. The highest BCUT2D eigenvalue weighted by atomic mass is 16.5. The Morgan fingerprint density at radius 2 is 1.82 bits per heavy atom. The zero-order chi connectivity index (χ0) is 19.9. The van der Waals surface area contributed by atoms with Gasteiger partial charge in [-0.15, -0.1) is 0 Å². The van der Waals surface area contributed by atoms with E-state index in [2.05, 4.69) is 11.8 Å². The summed E-state index contributed by atoms with van der Waals surface area (Å²) in [6, 6.07) is 6.30. The van der Waals surface area contributed by atoms with E-state index >= 15 is 0 Å². The molecule has 5 rings (SSSR count). The van der Waals surface area contributed by atoms with Crippen molar-refractivity contribution >= 4 is 6.03 Å². The third-order valence-electron chi connectivity index (χ3n) is 6.64. The summed E-state index contributed by atoms with van der Waals surface area (Å²) in [5, 5.41) is 10.4. The smallest absolute Gasteiger partial charge is 0.339 e. The first-order valence-corrected chi connectivity index (χ1v) is 10.4. The normalized spacial score (nSPS) is 31.2. The topological polar surface area (TPSA) is 75.8 Å². The molecule has 28 heavy (non-hydrogen) atoms. The molecule has 2 amide bonds. The molecule has 5 heteroatoms. The van der Waals surface area contributed by atoms with Crippen molar-refractivity contribution in [3.05, 3.63) is 29.8 Å². The Hall–Kier alpha value is -2.19. The third kappa shape index (κ3) is 3.84. The number of nitrogens with two attached hydrogens (primary N) is 1. The Balaban J connectivity index is 1.50. The summed E-state index contributed by atoms with van der Waals surface area (Å²) in [6.07, 6.45) is 7.72. The van der Waals surface area contributed by atoms with Gasteiger partial charge in [0.05, 0.1) is 0 Å². The Morgan fingerprint density at radius 3 is 2.36 bits per heavy atom. The largest absolute Gasteiger partial charge is 0.487 e. The molecule has 0 heterocycles. The van der Waals surface area contributed by atoms with Crippen LogP contribution in [0.3, 0.4) is 0 Å². The van der Waals surface area contributed by atoms with E-state index in [1.165, 1.54) is 38.5 Å². The van der Waals surface area contributed by atoms with E-state index in [0.717, 1.165) is 29.1 Å². The van der Waals surface area contributed by atoms with Crippen LogP contribution in [0.4, 0.5) is 4.79 Å². The molecule has 4 aliphatic rings. The molecule has 1 aromatic carbocycles. The van der Waals surface area contributed by atoms with Gasteiger partial charge in [-0.05, 0) is 80.4 Å². The fourth-order valence-electron chi connectivity index (χ4n) is 5.85. The minimum Gasteiger partial charge on any atom is -0.487 e. The number of urea groups is 1. The highest BCUT2D eigenvalue weighted by molar-refractivity contribution is 5.71. The molecule has 0 spiro atoms. The first kappa shape index (κ1) is 19.1. The Labute approximate surface area is 167 Å². The van der Waals surface area contributed by atoms with Crippen molar-refractivity contribution in [1.82, 2.24) is 5.06 Å². The quantitative estimate of drug-likeness (QED) is 0.466. The molecule has 1 atom stereocenters. The number of rotatable bonds is 4. The lowest BCUT2D eigenvalue weighted by molar-refractivity contribution is -0.107. The Kier molecular flexibility index (Phi) is 5.01. The maximum absolute atomic E-state index is 11.3. The number of carbonyl (C=O) groups excluding carboxylic acids is 1. The molecule has 4 fully saturated rings. The van der Waals surface area contributed by atoms with Crippen LogP contribution in [0.1, 0.15) is 57.9 Å². The fraction of sp³-hybridized carbons (Fsp3) is 0.609. The maximum atomic E-state index is 11.3. The van der Waals surface area contributed by atoms with E-state index in [1.807, 2.05) is 38.1 Å². The number of hydroxylamine groups is 2. The van der Waals surface area contributed by atoms with Gasteiger partial charge in [0, 0.05) is 5.56 Å². The number of hydrogen-bond donors (Lipinski definition) is 2. The molecular weight excluding hydrogens is 352 g/mol. The van der Waals surface area contributed by atoms with Gasteiger partial charge in [-0.2, -0.15) is 5.06 Å². The summed E-state index contributed by atoms with van der Waals surface area (Å²) in [7, 11) is 0. The van der Waals surface area contributed by atoms with Gasteiger partial charge >= 0.3 is 6.03 Å². The van der Waals surface area contributed by atoms with Crippen LogP contribution >= 0.6 is 0 Å². The van der Waals surface area contributed by atoms with E-state index in [9.17, 15) is 10.0 Å². The standard InChI is InChI=1S/C23H30N2O3/c1-15(2)21(25(27)22(24)26)7-6-16-4-3-5-20(11-16)28-23-12-17-8-18(13-23)10-19(9-17)14-23/h3-5,11,15,17-19,21,27H,8-10,12-14H2,1-2H3,(H2,24,26). The van der Waals surface area contributed by atoms with Crippen LogP contribution in [0.5, 0.6) is 5.75 Å².